The van der Waals surface area contributed by atoms with Gasteiger partial charge < -0.3 is 15.2 Å². The Hall–Kier alpha value is -2.98. The molecule has 0 radical (unpaired) electrons. The number of anilines is 1. The molecule has 0 unspecified atom stereocenters. The molecular weight excluding hydrogens is 328 g/mol. The second-order valence-corrected chi connectivity index (χ2v) is 5.60. The van der Waals surface area contributed by atoms with Crippen LogP contribution in [-0.2, 0) is 9.53 Å². The first kappa shape index (κ1) is 17.4. The molecule has 1 amide bonds. The van der Waals surface area contributed by atoms with E-state index in [1.807, 2.05) is 6.07 Å². The van der Waals surface area contributed by atoms with Crippen LogP contribution in [0.15, 0.2) is 53.4 Å². The first-order chi connectivity index (χ1) is 11.6. The lowest BCUT2D eigenvalue weighted by Gasteiger charge is -2.10. The third-order valence-corrected chi connectivity index (χ3v) is 3.85. The number of amides is 1. The highest BCUT2D eigenvalue weighted by Crippen LogP contribution is 2.26. The van der Waals surface area contributed by atoms with Crippen LogP contribution in [0, 0.1) is 11.3 Å². The Morgan fingerprint density at radius 1 is 1.17 bits per heavy atom. The van der Waals surface area contributed by atoms with Crippen molar-refractivity contribution in [3.63, 3.8) is 0 Å². The topological polar surface area (TPSA) is 99.4 Å². The molecule has 0 bridgehead atoms. The number of hydrogen-bond donors (Lipinski definition) is 2. The third-order valence-electron chi connectivity index (χ3n) is 2.91. The van der Waals surface area contributed by atoms with Crippen LogP contribution in [0.1, 0.15) is 10.4 Å². The van der Waals surface area contributed by atoms with Gasteiger partial charge in [0.25, 0.3) is 5.91 Å². The van der Waals surface area contributed by atoms with E-state index in [0.717, 1.165) is 4.90 Å². The maximum atomic E-state index is 11.9. The normalized spacial score (nSPS) is 9.79. The van der Waals surface area contributed by atoms with Crippen LogP contribution >= 0.6 is 11.8 Å². The Balaban J connectivity index is 1.94. The second kappa shape index (κ2) is 8.60. The summed E-state index contributed by atoms with van der Waals surface area (Å²) in [6, 6.07) is 15.0. The Morgan fingerprint density at radius 3 is 2.62 bits per heavy atom. The summed E-state index contributed by atoms with van der Waals surface area (Å²) in [6.07, 6.45) is 0. The van der Waals surface area contributed by atoms with E-state index in [1.54, 1.807) is 36.4 Å². The first-order valence-electron chi connectivity index (χ1n) is 6.95. The SMILES string of the molecule is N#CCSc1ccccc1NC(=O)COC(=O)c1ccccc1O. The molecule has 24 heavy (non-hydrogen) atoms. The molecule has 0 aliphatic carbocycles. The van der Waals surface area contributed by atoms with Crippen molar-refractivity contribution < 1.29 is 19.4 Å². The van der Waals surface area contributed by atoms with E-state index in [1.165, 1.54) is 23.9 Å². The smallest absolute Gasteiger partial charge is 0.342 e. The van der Waals surface area contributed by atoms with Crippen LogP contribution in [0.5, 0.6) is 5.75 Å². The van der Waals surface area contributed by atoms with Crippen LogP contribution in [0.4, 0.5) is 5.69 Å². The molecule has 122 valence electrons. The molecule has 0 saturated carbocycles. The molecule has 0 fully saturated rings. The third kappa shape index (κ3) is 4.76. The number of nitrogens with one attached hydrogen (secondary N) is 1. The summed E-state index contributed by atoms with van der Waals surface area (Å²) in [5.41, 5.74) is 0.539. The molecule has 0 aliphatic rings. The number of phenolic OH excluding ortho intramolecular Hbond substituents is 1. The van der Waals surface area contributed by atoms with Gasteiger partial charge in [0.2, 0.25) is 0 Å². The minimum Gasteiger partial charge on any atom is -0.507 e. The summed E-state index contributed by atoms with van der Waals surface area (Å²) in [5.74, 6) is -1.24. The molecule has 2 rings (SSSR count). The quantitative estimate of drug-likeness (QED) is 0.618. The van der Waals surface area contributed by atoms with E-state index in [2.05, 4.69) is 5.32 Å². The van der Waals surface area contributed by atoms with E-state index in [4.69, 9.17) is 10.00 Å². The number of rotatable bonds is 6. The van der Waals surface area contributed by atoms with E-state index in [0.29, 0.717) is 5.69 Å². The first-order valence-corrected chi connectivity index (χ1v) is 7.94. The van der Waals surface area contributed by atoms with Crippen molar-refractivity contribution in [1.82, 2.24) is 0 Å². The number of carbonyl (C=O) groups is 2. The summed E-state index contributed by atoms with van der Waals surface area (Å²) in [4.78, 5) is 24.5. The maximum absolute atomic E-state index is 11.9. The average molecular weight is 342 g/mol. The highest BCUT2D eigenvalue weighted by Gasteiger charge is 2.14. The van der Waals surface area contributed by atoms with Gasteiger partial charge in [-0.15, -0.1) is 11.8 Å². The van der Waals surface area contributed by atoms with Crippen LogP contribution < -0.4 is 5.32 Å². The van der Waals surface area contributed by atoms with Gasteiger partial charge in [0.05, 0.1) is 17.5 Å². The molecule has 2 aromatic rings. The lowest BCUT2D eigenvalue weighted by Crippen LogP contribution is -2.21. The van der Waals surface area contributed by atoms with E-state index < -0.39 is 18.5 Å². The number of nitrogens with zero attached hydrogens (tertiary/aromatic N) is 1. The standard InChI is InChI=1S/C17H14N2O4S/c18-9-10-24-15-8-4-2-6-13(15)19-16(21)11-23-17(22)12-5-1-3-7-14(12)20/h1-8,20H,10-11H2,(H,19,21). The number of para-hydroxylation sites is 2. The lowest BCUT2D eigenvalue weighted by molar-refractivity contribution is -0.119. The van der Waals surface area contributed by atoms with Gasteiger partial charge in [0, 0.05) is 4.90 Å². The molecule has 0 saturated heterocycles. The van der Waals surface area contributed by atoms with Gasteiger partial charge >= 0.3 is 5.97 Å². The van der Waals surface area contributed by atoms with Crippen molar-refractivity contribution >= 4 is 29.3 Å². The number of ether oxygens (including phenoxy) is 1. The molecule has 0 aromatic heterocycles. The van der Waals surface area contributed by atoms with E-state index >= 15 is 0 Å². The largest absolute Gasteiger partial charge is 0.507 e. The molecule has 7 heteroatoms. The number of hydrogen-bond acceptors (Lipinski definition) is 6. The highest BCUT2D eigenvalue weighted by atomic mass is 32.2. The highest BCUT2D eigenvalue weighted by molar-refractivity contribution is 7.99. The molecule has 6 nitrogen and oxygen atoms in total. The van der Waals surface area contributed by atoms with Gasteiger partial charge in [0.15, 0.2) is 6.61 Å². The van der Waals surface area contributed by atoms with Gasteiger partial charge in [-0.2, -0.15) is 5.26 Å². The molecule has 0 aliphatic heterocycles. The Morgan fingerprint density at radius 2 is 1.88 bits per heavy atom. The van der Waals surface area contributed by atoms with Crippen LogP contribution in [-0.4, -0.2) is 29.3 Å². The predicted molar refractivity (Wildman–Crippen MR) is 89.8 cm³/mol. The molecular formula is C17H14N2O4S. The second-order valence-electron chi connectivity index (χ2n) is 4.58. The number of thioether (sulfide) groups is 1. The van der Waals surface area contributed by atoms with Crippen molar-refractivity contribution in [2.45, 2.75) is 4.90 Å². The monoisotopic (exact) mass is 342 g/mol. The molecule has 2 N–H and O–H groups in total. The number of esters is 1. The summed E-state index contributed by atoms with van der Waals surface area (Å²) >= 11 is 1.30. The minimum atomic E-state index is -0.782. The molecule has 0 spiro atoms. The van der Waals surface area contributed by atoms with Gasteiger partial charge in [0.1, 0.15) is 11.3 Å². The Labute approximate surface area is 143 Å². The number of nitriles is 1. The number of benzene rings is 2. The van der Waals surface area contributed by atoms with Crippen molar-refractivity contribution in [2.75, 3.05) is 17.7 Å². The van der Waals surface area contributed by atoms with Gasteiger partial charge in [-0.05, 0) is 24.3 Å². The Bertz CT molecular complexity index is 786. The number of phenols is 1. The zero-order chi connectivity index (χ0) is 17.4. The van der Waals surface area contributed by atoms with E-state index in [-0.39, 0.29) is 17.1 Å². The van der Waals surface area contributed by atoms with Crippen LogP contribution in [0.25, 0.3) is 0 Å². The zero-order valence-electron chi connectivity index (χ0n) is 12.6. The van der Waals surface area contributed by atoms with Crippen molar-refractivity contribution in [1.29, 1.82) is 5.26 Å². The minimum absolute atomic E-state index is 0.00437. The zero-order valence-corrected chi connectivity index (χ0v) is 13.4. The van der Waals surface area contributed by atoms with Gasteiger partial charge in [-0.1, -0.05) is 24.3 Å². The summed E-state index contributed by atoms with van der Waals surface area (Å²) in [6.45, 7) is -0.482. The summed E-state index contributed by atoms with van der Waals surface area (Å²) in [5, 5.41) is 20.8. The fourth-order valence-electron chi connectivity index (χ4n) is 1.85. The fraction of sp³-hybridized carbons (Fsp3) is 0.118. The lowest BCUT2D eigenvalue weighted by atomic mass is 10.2. The van der Waals surface area contributed by atoms with Crippen LogP contribution in [0.3, 0.4) is 0 Å². The summed E-state index contributed by atoms with van der Waals surface area (Å²) in [7, 11) is 0. The fourth-order valence-corrected chi connectivity index (χ4v) is 2.52. The summed E-state index contributed by atoms with van der Waals surface area (Å²) < 4.78 is 4.89. The molecule has 2 aromatic carbocycles. The van der Waals surface area contributed by atoms with Gasteiger partial charge in [-0.25, -0.2) is 4.79 Å². The van der Waals surface area contributed by atoms with Crippen molar-refractivity contribution in [3.8, 4) is 11.8 Å². The number of carbonyl (C=O) groups excluding carboxylic acids is 2. The number of aromatic hydroxyl groups is 1. The van der Waals surface area contributed by atoms with Gasteiger partial charge in [-0.3, -0.25) is 4.79 Å². The molecule has 0 heterocycles. The molecule has 0 atom stereocenters. The van der Waals surface area contributed by atoms with Crippen LogP contribution in [0.2, 0.25) is 0 Å². The maximum Gasteiger partial charge on any atom is 0.342 e. The predicted octanol–water partition coefficient (Wildman–Crippen LogP) is 2.80. The van der Waals surface area contributed by atoms with Crippen molar-refractivity contribution in [3.05, 3.63) is 54.1 Å². The average Bonchev–Trinajstić information content (AvgIpc) is 2.59. The Kier molecular flexibility index (Phi) is 6.23. The van der Waals surface area contributed by atoms with E-state index in [9.17, 15) is 14.7 Å². The van der Waals surface area contributed by atoms with Crippen molar-refractivity contribution in [2.24, 2.45) is 0 Å².